The molecule has 3 nitrogen and oxygen atoms in total. The zero-order valence-corrected chi connectivity index (χ0v) is 11.8. The zero-order valence-electron chi connectivity index (χ0n) is 10.3. The number of nitrogens with two attached hydrogens (primary N) is 1. The van der Waals surface area contributed by atoms with E-state index in [4.69, 9.17) is 17.3 Å². The summed E-state index contributed by atoms with van der Waals surface area (Å²) >= 11 is 7.76. The van der Waals surface area contributed by atoms with Crippen molar-refractivity contribution in [1.29, 1.82) is 0 Å². The Bertz CT molecular complexity index is 713. The van der Waals surface area contributed by atoms with E-state index in [0.29, 0.717) is 10.8 Å². The second-order valence-electron chi connectivity index (χ2n) is 4.32. The predicted molar refractivity (Wildman–Crippen MR) is 81.5 cm³/mol. The van der Waals surface area contributed by atoms with Crippen LogP contribution in [0.2, 0.25) is 5.02 Å². The molecule has 3 aromatic rings. The third-order valence-electron chi connectivity index (χ3n) is 2.98. The van der Waals surface area contributed by atoms with Gasteiger partial charge >= 0.3 is 0 Å². The second kappa shape index (κ2) is 4.72. The minimum Gasteiger partial charge on any atom is -0.382 e. The number of H-pyrrole nitrogens is 1. The largest absolute Gasteiger partial charge is 0.382 e. The Hall–Kier alpha value is -1.78. The van der Waals surface area contributed by atoms with Crippen LogP contribution in [0, 0.1) is 6.92 Å². The molecule has 0 radical (unpaired) electrons. The average Bonchev–Trinajstić information content (AvgIpc) is 2.97. The topological polar surface area (TPSA) is 54.7 Å². The fourth-order valence-electron chi connectivity index (χ4n) is 2.00. The van der Waals surface area contributed by atoms with E-state index in [0.717, 1.165) is 21.7 Å². The van der Waals surface area contributed by atoms with Gasteiger partial charge in [0.15, 0.2) is 5.82 Å². The van der Waals surface area contributed by atoms with Crippen LogP contribution in [0.5, 0.6) is 0 Å². The van der Waals surface area contributed by atoms with Crippen molar-refractivity contribution in [1.82, 2.24) is 10.2 Å². The molecule has 0 saturated heterocycles. The Morgan fingerprint density at radius 3 is 2.58 bits per heavy atom. The van der Waals surface area contributed by atoms with Gasteiger partial charge in [-0.15, -0.1) is 11.3 Å². The molecule has 0 spiro atoms. The van der Waals surface area contributed by atoms with Gasteiger partial charge < -0.3 is 5.73 Å². The molecule has 0 bridgehead atoms. The van der Waals surface area contributed by atoms with Crippen LogP contribution in [0.4, 0.5) is 5.82 Å². The SMILES string of the molecule is Cc1ccc(-c2c(N)n[nH]c2-c2sccc2Cl)cc1. The van der Waals surface area contributed by atoms with E-state index in [1.54, 1.807) is 11.3 Å². The fourth-order valence-corrected chi connectivity index (χ4v) is 3.16. The fraction of sp³-hybridized carbons (Fsp3) is 0.0714. The molecule has 0 unspecified atom stereocenters. The minimum absolute atomic E-state index is 0.489. The van der Waals surface area contributed by atoms with Crippen LogP contribution < -0.4 is 5.73 Å². The summed E-state index contributed by atoms with van der Waals surface area (Å²) in [7, 11) is 0. The molecule has 0 aliphatic heterocycles. The maximum absolute atomic E-state index is 6.19. The Labute approximate surface area is 120 Å². The van der Waals surface area contributed by atoms with E-state index in [-0.39, 0.29) is 0 Å². The average molecular weight is 290 g/mol. The number of aromatic nitrogens is 2. The number of aryl methyl sites for hydroxylation is 1. The molecular formula is C14H12ClN3S. The Balaban J connectivity index is 2.19. The molecule has 2 aromatic heterocycles. The highest BCUT2D eigenvalue weighted by molar-refractivity contribution is 7.14. The Morgan fingerprint density at radius 1 is 1.21 bits per heavy atom. The monoisotopic (exact) mass is 289 g/mol. The highest BCUT2D eigenvalue weighted by Gasteiger charge is 2.17. The number of nitrogens with zero attached hydrogens (tertiary/aromatic N) is 1. The molecule has 0 saturated carbocycles. The minimum atomic E-state index is 0.489. The summed E-state index contributed by atoms with van der Waals surface area (Å²) < 4.78 is 0. The highest BCUT2D eigenvalue weighted by Crippen LogP contribution is 2.40. The summed E-state index contributed by atoms with van der Waals surface area (Å²) in [5.41, 5.74) is 10.0. The number of benzene rings is 1. The Kier molecular flexibility index (Phi) is 3.05. The van der Waals surface area contributed by atoms with Crippen LogP contribution in [0.3, 0.4) is 0 Å². The maximum atomic E-state index is 6.19. The Morgan fingerprint density at radius 2 is 1.95 bits per heavy atom. The molecule has 5 heteroatoms. The van der Waals surface area contributed by atoms with Crippen molar-refractivity contribution in [3.63, 3.8) is 0 Å². The number of anilines is 1. The van der Waals surface area contributed by atoms with E-state index >= 15 is 0 Å². The van der Waals surface area contributed by atoms with Crippen molar-refractivity contribution in [3.05, 3.63) is 46.3 Å². The van der Waals surface area contributed by atoms with E-state index in [9.17, 15) is 0 Å². The number of hydrogen-bond acceptors (Lipinski definition) is 3. The predicted octanol–water partition coefficient (Wildman–Crippen LogP) is 4.35. The van der Waals surface area contributed by atoms with E-state index in [1.807, 2.05) is 23.6 Å². The van der Waals surface area contributed by atoms with Gasteiger partial charge in [-0.25, -0.2) is 0 Å². The molecule has 0 fully saturated rings. The summed E-state index contributed by atoms with van der Waals surface area (Å²) in [6, 6.07) is 10.1. The third-order valence-corrected chi connectivity index (χ3v) is 4.34. The van der Waals surface area contributed by atoms with Gasteiger partial charge in [0, 0.05) is 0 Å². The quantitative estimate of drug-likeness (QED) is 0.737. The van der Waals surface area contributed by atoms with Crippen LogP contribution in [0.25, 0.3) is 21.7 Å². The maximum Gasteiger partial charge on any atom is 0.153 e. The van der Waals surface area contributed by atoms with Crippen LogP contribution in [-0.2, 0) is 0 Å². The van der Waals surface area contributed by atoms with Crippen molar-refractivity contribution in [2.24, 2.45) is 0 Å². The molecule has 0 aliphatic rings. The van der Waals surface area contributed by atoms with Gasteiger partial charge in [-0.2, -0.15) is 5.10 Å². The first-order chi connectivity index (χ1) is 9.16. The van der Waals surface area contributed by atoms with E-state index in [1.165, 1.54) is 5.56 Å². The molecule has 1 aromatic carbocycles. The normalized spacial score (nSPS) is 10.8. The second-order valence-corrected chi connectivity index (χ2v) is 5.65. The molecule has 19 heavy (non-hydrogen) atoms. The highest BCUT2D eigenvalue weighted by atomic mass is 35.5. The molecule has 0 amide bonds. The molecule has 2 heterocycles. The van der Waals surface area contributed by atoms with Crippen molar-refractivity contribution in [2.45, 2.75) is 6.92 Å². The number of thiophene rings is 1. The molecular weight excluding hydrogens is 278 g/mol. The lowest BCUT2D eigenvalue weighted by Crippen LogP contribution is -1.88. The summed E-state index contributed by atoms with van der Waals surface area (Å²) in [6.45, 7) is 2.06. The van der Waals surface area contributed by atoms with Gasteiger partial charge in [-0.05, 0) is 23.9 Å². The lowest BCUT2D eigenvalue weighted by atomic mass is 10.0. The van der Waals surface area contributed by atoms with Gasteiger partial charge in [-0.3, -0.25) is 5.10 Å². The van der Waals surface area contributed by atoms with Crippen LogP contribution in [-0.4, -0.2) is 10.2 Å². The number of halogens is 1. The molecule has 0 aliphatic carbocycles. The van der Waals surface area contributed by atoms with Gasteiger partial charge in [0.1, 0.15) is 0 Å². The standard InChI is InChI=1S/C14H12ClN3S/c1-8-2-4-9(5-3-8)11-12(17-18-14(11)16)13-10(15)6-7-19-13/h2-7H,1H3,(H3,16,17,18). The van der Waals surface area contributed by atoms with Crippen LogP contribution >= 0.6 is 22.9 Å². The number of nitrogen functional groups attached to an aromatic ring is 1. The summed E-state index contributed by atoms with van der Waals surface area (Å²) in [4.78, 5) is 0.960. The molecule has 3 N–H and O–H groups in total. The van der Waals surface area contributed by atoms with Crippen LogP contribution in [0.15, 0.2) is 35.7 Å². The summed E-state index contributed by atoms with van der Waals surface area (Å²) in [6.07, 6.45) is 0. The summed E-state index contributed by atoms with van der Waals surface area (Å²) in [5.74, 6) is 0.489. The van der Waals surface area contributed by atoms with E-state index < -0.39 is 0 Å². The first-order valence-electron chi connectivity index (χ1n) is 5.81. The zero-order chi connectivity index (χ0) is 13.4. The number of rotatable bonds is 2. The third kappa shape index (κ3) is 2.13. The summed E-state index contributed by atoms with van der Waals surface area (Å²) in [5, 5.41) is 9.76. The number of aromatic amines is 1. The first kappa shape index (κ1) is 12.3. The lowest BCUT2D eigenvalue weighted by Gasteiger charge is -2.04. The number of nitrogens with one attached hydrogen (secondary N) is 1. The molecule has 0 atom stereocenters. The van der Waals surface area contributed by atoms with Gasteiger partial charge in [0.25, 0.3) is 0 Å². The van der Waals surface area contributed by atoms with Crippen molar-refractivity contribution in [2.75, 3.05) is 5.73 Å². The van der Waals surface area contributed by atoms with Crippen molar-refractivity contribution in [3.8, 4) is 21.7 Å². The number of hydrogen-bond donors (Lipinski definition) is 2. The van der Waals surface area contributed by atoms with Gasteiger partial charge in [-0.1, -0.05) is 41.4 Å². The van der Waals surface area contributed by atoms with Crippen LogP contribution in [0.1, 0.15) is 5.56 Å². The smallest absolute Gasteiger partial charge is 0.153 e. The van der Waals surface area contributed by atoms with Crippen molar-refractivity contribution >= 4 is 28.8 Å². The molecule has 96 valence electrons. The lowest BCUT2D eigenvalue weighted by molar-refractivity contribution is 1.11. The first-order valence-corrected chi connectivity index (χ1v) is 7.07. The van der Waals surface area contributed by atoms with Crippen molar-refractivity contribution < 1.29 is 0 Å². The van der Waals surface area contributed by atoms with Gasteiger partial charge in [0.2, 0.25) is 0 Å². The molecule has 3 rings (SSSR count). The van der Waals surface area contributed by atoms with Gasteiger partial charge in [0.05, 0.1) is 21.2 Å². The van der Waals surface area contributed by atoms with E-state index in [2.05, 4.69) is 29.3 Å².